The summed E-state index contributed by atoms with van der Waals surface area (Å²) in [4.78, 5) is 35.0. The van der Waals surface area contributed by atoms with Gasteiger partial charge in [-0.1, -0.05) is 11.2 Å². The summed E-state index contributed by atoms with van der Waals surface area (Å²) in [7, 11) is 0. The maximum Gasteiger partial charge on any atom is 0.227 e. The van der Waals surface area contributed by atoms with Gasteiger partial charge < -0.3 is 14.8 Å². The molecule has 2 aliphatic rings. The number of nitrogens with two attached hydrogens (primary N) is 1. The third kappa shape index (κ3) is 4.07. The third-order valence-electron chi connectivity index (χ3n) is 8.11. The van der Waals surface area contributed by atoms with Crippen molar-refractivity contribution in [1.29, 1.82) is 0 Å². The Hall–Kier alpha value is -4.12. The van der Waals surface area contributed by atoms with Crippen molar-refractivity contribution in [2.45, 2.75) is 71.4 Å². The van der Waals surface area contributed by atoms with Gasteiger partial charge in [0.25, 0.3) is 0 Å². The molecule has 0 unspecified atom stereocenters. The molecular formula is C29H30N8O2S. The number of amides is 1. The highest BCUT2D eigenvalue weighted by atomic mass is 32.1. The Kier molecular flexibility index (Phi) is 5.92. The first-order valence-corrected chi connectivity index (χ1v) is 14.5. The van der Waals surface area contributed by atoms with Crippen molar-refractivity contribution in [1.82, 2.24) is 29.7 Å². The van der Waals surface area contributed by atoms with Gasteiger partial charge in [0.2, 0.25) is 11.9 Å². The second-order valence-corrected chi connectivity index (χ2v) is 12.0. The first-order chi connectivity index (χ1) is 19.4. The monoisotopic (exact) mass is 554 g/mol. The number of hydrogen-bond donors (Lipinski definition) is 1. The Morgan fingerprint density at radius 3 is 2.67 bits per heavy atom. The molecule has 2 N–H and O–H groups in total. The summed E-state index contributed by atoms with van der Waals surface area (Å²) < 4.78 is 7.84. The highest BCUT2D eigenvalue weighted by Crippen LogP contribution is 2.42. The number of nitrogen functional groups attached to an aromatic ring is 1. The van der Waals surface area contributed by atoms with E-state index >= 15 is 0 Å². The van der Waals surface area contributed by atoms with Crippen LogP contribution in [0.15, 0.2) is 35.1 Å². The zero-order valence-corrected chi connectivity index (χ0v) is 23.5. The van der Waals surface area contributed by atoms with Crippen molar-refractivity contribution in [3.63, 3.8) is 0 Å². The van der Waals surface area contributed by atoms with Crippen LogP contribution in [0, 0.1) is 20.8 Å². The first-order valence-electron chi connectivity index (χ1n) is 13.7. The van der Waals surface area contributed by atoms with Crippen molar-refractivity contribution in [2.75, 3.05) is 10.6 Å². The molecule has 40 heavy (non-hydrogen) atoms. The van der Waals surface area contributed by atoms with Gasteiger partial charge in [0, 0.05) is 29.3 Å². The highest BCUT2D eigenvalue weighted by molar-refractivity contribution is 7.11. The van der Waals surface area contributed by atoms with Crippen molar-refractivity contribution >= 4 is 39.9 Å². The van der Waals surface area contributed by atoms with Crippen LogP contribution < -0.4 is 10.6 Å². The molecule has 204 valence electrons. The number of imidazole rings is 1. The molecule has 1 aromatic carbocycles. The molecule has 0 bridgehead atoms. The van der Waals surface area contributed by atoms with E-state index in [1.165, 1.54) is 10.6 Å². The van der Waals surface area contributed by atoms with Gasteiger partial charge in [0.1, 0.15) is 11.6 Å². The lowest BCUT2D eigenvalue weighted by molar-refractivity contribution is -0.120. The number of fused-ring (bicyclic) bond motifs is 2. The lowest BCUT2D eigenvalue weighted by Gasteiger charge is -2.36. The van der Waals surface area contributed by atoms with E-state index in [0.717, 1.165) is 76.6 Å². The average Bonchev–Trinajstić information content (AvgIpc) is 3.61. The predicted molar refractivity (Wildman–Crippen MR) is 153 cm³/mol. The number of carbonyl (C=O) groups excluding carboxylic acids is 1. The number of anilines is 2. The number of nitrogens with zero attached hydrogens (tertiary/aromatic N) is 7. The van der Waals surface area contributed by atoms with Gasteiger partial charge in [-0.15, -0.1) is 11.3 Å². The molecule has 0 spiro atoms. The highest BCUT2D eigenvalue weighted by Gasteiger charge is 2.37. The average molecular weight is 555 g/mol. The number of carbonyl (C=O) groups is 1. The van der Waals surface area contributed by atoms with Crippen LogP contribution in [0.2, 0.25) is 0 Å². The van der Waals surface area contributed by atoms with Crippen LogP contribution in [0.25, 0.3) is 22.2 Å². The molecule has 4 aromatic heterocycles. The smallest absolute Gasteiger partial charge is 0.227 e. The quantitative estimate of drug-likeness (QED) is 0.311. The minimum atomic E-state index is -0.243. The van der Waals surface area contributed by atoms with Gasteiger partial charge in [-0.05, 0) is 64.2 Å². The van der Waals surface area contributed by atoms with Crippen LogP contribution in [0.1, 0.15) is 70.6 Å². The largest absolute Gasteiger partial charge is 0.368 e. The topological polar surface area (TPSA) is 129 Å². The van der Waals surface area contributed by atoms with Gasteiger partial charge in [0.15, 0.2) is 0 Å². The lowest BCUT2D eigenvalue weighted by atomic mass is 9.95. The summed E-state index contributed by atoms with van der Waals surface area (Å²) in [5, 5.41) is 5.26. The van der Waals surface area contributed by atoms with Crippen LogP contribution in [0.4, 0.5) is 11.6 Å². The maximum absolute atomic E-state index is 13.4. The van der Waals surface area contributed by atoms with Crippen LogP contribution in [0.3, 0.4) is 0 Å². The van der Waals surface area contributed by atoms with E-state index < -0.39 is 0 Å². The van der Waals surface area contributed by atoms with E-state index in [9.17, 15) is 4.79 Å². The third-order valence-corrected chi connectivity index (χ3v) is 9.14. The molecule has 11 heteroatoms. The Morgan fingerprint density at radius 2 is 1.90 bits per heavy atom. The second-order valence-electron chi connectivity index (χ2n) is 10.7. The molecule has 1 aliphatic carbocycles. The molecule has 1 saturated heterocycles. The fourth-order valence-corrected chi connectivity index (χ4v) is 7.44. The molecule has 0 saturated carbocycles. The molecule has 5 aromatic rings. The zero-order chi connectivity index (χ0) is 27.5. The molecule has 0 radical (unpaired) electrons. The molecule has 7 rings (SSSR count). The van der Waals surface area contributed by atoms with Crippen molar-refractivity contribution in [2.24, 2.45) is 0 Å². The number of hydrogen-bond acceptors (Lipinski definition) is 9. The SMILES string of the molecule is Cc1nc2c(s1)C[C@H](n1c([C@@H]3CCCC(=O)N3c3cnc(N)nc3)nc3cc(-c4c(C)noc4C)ccc31)CC2. The molecular weight excluding hydrogens is 524 g/mol. The van der Waals surface area contributed by atoms with Gasteiger partial charge in [-0.25, -0.2) is 19.9 Å². The lowest BCUT2D eigenvalue weighted by Crippen LogP contribution is -2.40. The van der Waals surface area contributed by atoms with Gasteiger partial charge in [-0.3, -0.25) is 9.69 Å². The van der Waals surface area contributed by atoms with Gasteiger partial charge >= 0.3 is 0 Å². The number of rotatable bonds is 4. The molecule has 5 heterocycles. The summed E-state index contributed by atoms with van der Waals surface area (Å²) in [6.45, 7) is 5.96. The molecule has 1 aliphatic heterocycles. The first kappa shape index (κ1) is 24.9. The van der Waals surface area contributed by atoms with E-state index in [4.69, 9.17) is 20.2 Å². The van der Waals surface area contributed by atoms with Crippen LogP contribution in [-0.4, -0.2) is 35.6 Å². The molecule has 1 amide bonds. The minimum Gasteiger partial charge on any atom is -0.368 e. The maximum atomic E-state index is 13.4. The normalized spacial score (nSPS) is 19.4. The predicted octanol–water partition coefficient (Wildman–Crippen LogP) is 5.43. The molecule has 1 fully saturated rings. The summed E-state index contributed by atoms with van der Waals surface area (Å²) >= 11 is 1.79. The van der Waals surface area contributed by atoms with Gasteiger partial charge in [0.05, 0.1) is 51.6 Å². The number of aryl methyl sites for hydroxylation is 4. The van der Waals surface area contributed by atoms with Crippen LogP contribution in [0.5, 0.6) is 0 Å². The van der Waals surface area contributed by atoms with E-state index in [-0.39, 0.29) is 23.9 Å². The van der Waals surface area contributed by atoms with E-state index in [1.54, 1.807) is 23.7 Å². The van der Waals surface area contributed by atoms with E-state index in [0.29, 0.717) is 12.1 Å². The summed E-state index contributed by atoms with van der Waals surface area (Å²) in [6.07, 6.45) is 8.13. The number of piperidine rings is 1. The minimum absolute atomic E-state index is 0.0450. The van der Waals surface area contributed by atoms with Crippen LogP contribution in [-0.2, 0) is 17.6 Å². The second kappa shape index (κ2) is 9.51. The van der Waals surface area contributed by atoms with E-state index in [2.05, 4.69) is 44.8 Å². The van der Waals surface area contributed by atoms with Crippen molar-refractivity contribution < 1.29 is 9.32 Å². The number of aromatic nitrogens is 6. The van der Waals surface area contributed by atoms with Crippen molar-refractivity contribution in [3.05, 3.63) is 63.5 Å². The summed E-state index contributed by atoms with van der Waals surface area (Å²) in [6, 6.07) is 6.36. The summed E-state index contributed by atoms with van der Waals surface area (Å²) in [5.74, 6) is 1.90. The fourth-order valence-electron chi connectivity index (χ4n) is 6.39. The Labute approximate surface area is 235 Å². The number of thiazole rings is 1. The Bertz CT molecular complexity index is 1730. The molecule has 2 atom stereocenters. The Morgan fingerprint density at radius 1 is 1.07 bits per heavy atom. The van der Waals surface area contributed by atoms with Gasteiger partial charge in [-0.2, -0.15) is 0 Å². The Balaban J connectivity index is 1.40. The van der Waals surface area contributed by atoms with E-state index in [1.807, 2.05) is 18.7 Å². The van der Waals surface area contributed by atoms with Crippen LogP contribution >= 0.6 is 11.3 Å². The molecule has 10 nitrogen and oxygen atoms in total. The number of benzene rings is 1. The van der Waals surface area contributed by atoms with Crippen molar-refractivity contribution in [3.8, 4) is 11.1 Å². The summed E-state index contributed by atoms with van der Waals surface area (Å²) in [5.41, 5.74) is 12.5. The zero-order valence-electron chi connectivity index (χ0n) is 22.7. The fraction of sp³-hybridized carbons (Fsp3) is 0.379. The standard InChI is InChI=1S/C29H30N8O2S/c1-15-27(16(2)39-35-15)18-7-10-23-22(11-18)34-28(37(23)19-8-9-21-25(12-19)40-17(3)33-21)24-5-4-6-26(38)36(24)20-13-31-29(30)32-14-20/h7,10-11,13-14,19,24H,4-6,8-9,12H2,1-3H3,(H2,30,31,32)/t19-,24+/m1/s1.